The number of rotatable bonds is 9. The predicted molar refractivity (Wildman–Crippen MR) is 179 cm³/mol. The van der Waals surface area contributed by atoms with E-state index in [-0.39, 0.29) is 43.6 Å². The molecule has 2 fully saturated rings. The summed E-state index contributed by atoms with van der Waals surface area (Å²) in [6.45, 7) is 5.75. The van der Waals surface area contributed by atoms with Gasteiger partial charge < -0.3 is 24.3 Å². The van der Waals surface area contributed by atoms with Crippen LogP contribution < -0.4 is 14.5 Å². The first-order chi connectivity index (χ1) is 22.4. The number of benzene rings is 2. The van der Waals surface area contributed by atoms with Gasteiger partial charge in [0.05, 0.1) is 47.3 Å². The monoisotopic (exact) mass is 681 g/mol. The third-order valence-corrected chi connectivity index (χ3v) is 11.4. The minimum absolute atomic E-state index is 0.0172. The van der Waals surface area contributed by atoms with Gasteiger partial charge in [0, 0.05) is 54.8 Å². The lowest BCUT2D eigenvalue weighted by molar-refractivity contribution is -0.131. The number of sulfone groups is 1. The average Bonchev–Trinajstić information content (AvgIpc) is 3.01. The molecule has 0 N–H and O–H groups in total. The fourth-order valence-electron chi connectivity index (χ4n) is 7.21. The van der Waals surface area contributed by atoms with E-state index in [1.54, 1.807) is 0 Å². The number of nitriles is 1. The molecule has 0 radical (unpaired) electrons. The number of anilines is 2. The highest BCUT2D eigenvalue weighted by molar-refractivity contribution is 7.92. The quantitative estimate of drug-likeness (QED) is 0.310. The summed E-state index contributed by atoms with van der Waals surface area (Å²) in [6, 6.07) is 13.6. The van der Waals surface area contributed by atoms with Crippen LogP contribution in [0.4, 0.5) is 15.9 Å². The molecule has 47 heavy (non-hydrogen) atoms. The highest BCUT2D eigenvalue weighted by Gasteiger charge is 2.49. The van der Waals surface area contributed by atoms with Crippen molar-refractivity contribution in [3.63, 3.8) is 0 Å². The fraction of sp³-hybridized carbons (Fsp3) is 0.455. The van der Waals surface area contributed by atoms with E-state index in [9.17, 15) is 22.9 Å². The van der Waals surface area contributed by atoms with Crippen molar-refractivity contribution >= 4 is 49.6 Å². The molecule has 2 saturated heterocycles. The normalized spacial score (nSPS) is 20.0. The topological polar surface area (TPSA) is 123 Å². The number of carbonyl (C=O) groups excluding carboxylic acids is 1. The van der Waals surface area contributed by atoms with Crippen LogP contribution in [0.5, 0.6) is 6.01 Å². The molecule has 4 heterocycles. The van der Waals surface area contributed by atoms with Gasteiger partial charge in [-0.3, -0.25) is 4.79 Å². The number of piperazine rings is 1. The molecule has 0 aliphatic carbocycles. The van der Waals surface area contributed by atoms with Crippen LogP contribution >= 0.6 is 11.6 Å². The summed E-state index contributed by atoms with van der Waals surface area (Å²) in [6.07, 6.45) is 0.626. The van der Waals surface area contributed by atoms with E-state index >= 15 is 0 Å². The Bertz CT molecular complexity index is 1870. The number of hydrogen-bond donors (Lipinski definition) is 0. The first-order valence-corrected chi connectivity index (χ1v) is 17.7. The predicted octanol–water partition coefficient (Wildman–Crippen LogP) is 3.62. The van der Waals surface area contributed by atoms with Crippen LogP contribution in [-0.2, 0) is 27.6 Å². The van der Waals surface area contributed by atoms with Crippen LogP contribution in [0, 0.1) is 16.7 Å². The second kappa shape index (κ2) is 12.9. The Kier molecular flexibility index (Phi) is 9.04. The van der Waals surface area contributed by atoms with Gasteiger partial charge in [-0.25, -0.2) is 12.8 Å². The summed E-state index contributed by atoms with van der Waals surface area (Å²) in [5, 5.41) is 12.2. The molecular weight excluding hydrogens is 645 g/mol. The van der Waals surface area contributed by atoms with Crippen molar-refractivity contribution in [1.82, 2.24) is 19.8 Å². The number of carbonyl (C=O) groups is 1. The molecule has 3 aromatic rings. The fourth-order valence-corrected chi connectivity index (χ4v) is 9.62. The molecule has 0 saturated carbocycles. The summed E-state index contributed by atoms with van der Waals surface area (Å²) in [7, 11) is 0.662. The molecule has 1 unspecified atom stereocenters. The van der Waals surface area contributed by atoms with E-state index in [4.69, 9.17) is 26.3 Å². The molecule has 1 atom stereocenters. The zero-order valence-corrected chi connectivity index (χ0v) is 28.0. The smallest absolute Gasteiger partial charge is 0.318 e. The molecule has 248 valence electrons. The zero-order chi connectivity index (χ0) is 33.5. The molecular formula is C33H37ClFN7O4S. The summed E-state index contributed by atoms with van der Waals surface area (Å²) in [4.78, 5) is 29.8. The Morgan fingerprint density at radius 1 is 1.17 bits per heavy atom. The maximum atomic E-state index is 13.9. The zero-order valence-electron chi connectivity index (χ0n) is 26.5. The van der Waals surface area contributed by atoms with Gasteiger partial charge in [-0.2, -0.15) is 15.2 Å². The molecule has 3 aliphatic rings. The maximum absolute atomic E-state index is 13.9. The first kappa shape index (κ1) is 32.9. The van der Waals surface area contributed by atoms with Crippen LogP contribution in [0.1, 0.15) is 17.7 Å². The van der Waals surface area contributed by atoms with Crippen LogP contribution in [0.15, 0.2) is 48.8 Å². The standard InChI is InChI=1S/C33H37ClFN7O4S/c1-22(35)31(43)42-15-14-41(16-24(42)10-12-36)30-25-11-13-40(28-9-5-7-23-6-4-8-26(34)29(23)28)17-27(25)37-32(38-30)46-19-33(18-39(2)3)20-47(44,45)21-33/h4-9,24H,1,10-11,13-21H2,2-3H3. The number of halogens is 2. The number of amides is 1. The van der Waals surface area contributed by atoms with E-state index < -0.39 is 33.0 Å². The number of nitrogens with zero attached hydrogens (tertiary/aromatic N) is 7. The molecule has 3 aliphatic heterocycles. The summed E-state index contributed by atoms with van der Waals surface area (Å²) >= 11 is 6.68. The summed E-state index contributed by atoms with van der Waals surface area (Å²) < 4.78 is 44.6. The highest BCUT2D eigenvalue weighted by atomic mass is 35.5. The Labute approximate surface area is 279 Å². The van der Waals surface area contributed by atoms with E-state index in [1.165, 1.54) is 4.90 Å². The minimum Gasteiger partial charge on any atom is -0.463 e. The molecule has 6 rings (SSSR count). The van der Waals surface area contributed by atoms with Crippen molar-refractivity contribution in [2.75, 3.05) is 74.7 Å². The van der Waals surface area contributed by atoms with E-state index in [1.807, 2.05) is 60.3 Å². The summed E-state index contributed by atoms with van der Waals surface area (Å²) in [5.74, 6) is -1.19. The largest absolute Gasteiger partial charge is 0.463 e. The molecule has 14 heteroatoms. The minimum atomic E-state index is -3.13. The third-order valence-electron chi connectivity index (χ3n) is 9.01. The Balaban J connectivity index is 1.35. The highest BCUT2D eigenvalue weighted by Crippen LogP contribution is 2.38. The van der Waals surface area contributed by atoms with Gasteiger partial charge in [0.15, 0.2) is 15.7 Å². The number of hydrogen-bond acceptors (Lipinski definition) is 10. The third kappa shape index (κ3) is 6.72. The van der Waals surface area contributed by atoms with Gasteiger partial charge in [0.25, 0.3) is 5.91 Å². The first-order valence-electron chi connectivity index (χ1n) is 15.5. The van der Waals surface area contributed by atoms with Gasteiger partial charge >= 0.3 is 6.01 Å². The van der Waals surface area contributed by atoms with Crippen molar-refractivity contribution in [2.24, 2.45) is 5.41 Å². The van der Waals surface area contributed by atoms with Gasteiger partial charge in [-0.05, 0) is 38.0 Å². The van der Waals surface area contributed by atoms with Crippen molar-refractivity contribution < 1.29 is 22.3 Å². The molecule has 0 bridgehead atoms. The van der Waals surface area contributed by atoms with Crippen LogP contribution in [0.25, 0.3) is 10.8 Å². The van der Waals surface area contributed by atoms with Crippen molar-refractivity contribution in [3.05, 3.63) is 65.1 Å². The van der Waals surface area contributed by atoms with E-state index in [0.717, 1.165) is 27.7 Å². The van der Waals surface area contributed by atoms with Crippen LogP contribution in [0.3, 0.4) is 0 Å². The van der Waals surface area contributed by atoms with Crippen LogP contribution in [0.2, 0.25) is 5.02 Å². The second-order valence-electron chi connectivity index (χ2n) is 13.0. The van der Waals surface area contributed by atoms with E-state index in [0.29, 0.717) is 43.4 Å². The van der Waals surface area contributed by atoms with Gasteiger partial charge in [-0.15, -0.1) is 0 Å². The molecule has 0 spiro atoms. The molecule has 1 aromatic heterocycles. The van der Waals surface area contributed by atoms with Crippen molar-refractivity contribution in [1.29, 1.82) is 5.26 Å². The Hall–Kier alpha value is -3.99. The SMILES string of the molecule is C=C(F)C(=O)N1CCN(c2nc(OCC3(CN(C)C)CS(=O)(=O)C3)nc3c2CCN(c2cccc4cccc(Cl)c24)C3)CC1CC#N. The maximum Gasteiger partial charge on any atom is 0.318 e. The molecule has 1 amide bonds. The average molecular weight is 682 g/mol. The lowest BCUT2D eigenvalue weighted by Gasteiger charge is -2.43. The van der Waals surface area contributed by atoms with Crippen molar-refractivity contribution in [2.45, 2.75) is 25.4 Å². The number of aromatic nitrogens is 2. The lowest BCUT2D eigenvalue weighted by Crippen LogP contribution is -2.57. The van der Waals surface area contributed by atoms with Gasteiger partial charge in [0.2, 0.25) is 0 Å². The van der Waals surface area contributed by atoms with Crippen LogP contribution in [-0.4, -0.2) is 105 Å². The number of ether oxygens (including phenoxy) is 1. The van der Waals surface area contributed by atoms with Crippen molar-refractivity contribution in [3.8, 4) is 12.1 Å². The molecule has 11 nitrogen and oxygen atoms in total. The van der Waals surface area contributed by atoms with Gasteiger partial charge in [0.1, 0.15) is 12.4 Å². The van der Waals surface area contributed by atoms with E-state index in [2.05, 4.69) is 17.5 Å². The Morgan fingerprint density at radius 2 is 1.91 bits per heavy atom. The summed E-state index contributed by atoms with van der Waals surface area (Å²) in [5.41, 5.74) is 2.10. The number of fused-ring (bicyclic) bond motifs is 2. The molecule has 2 aromatic carbocycles. The van der Waals surface area contributed by atoms with Gasteiger partial charge in [-0.1, -0.05) is 42.4 Å². The second-order valence-corrected chi connectivity index (χ2v) is 15.4. The Morgan fingerprint density at radius 3 is 2.60 bits per heavy atom. The lowest BCUT2D eigenvalue weighted by atomic mass is 9.92.